The van der Waals surface area contributed by atoms with E-state index < -0.39 is 23.4 Å². The van der Waals surface area contributed by atoms with Crippen molar-refractivity contribution in [3.8, 4) is 23.6 Å². The van der Waals surface area contributed by atoms with Crippen LogP contribution in [0.2, 0.25) is 0 Å². The molecule has 3 aromatic rings. The number of ether oxygens (including phenoxy) is 2. The monoisotopic (exact) mass is 461 g/mol. The number of carbonyl (C=O) groups is 1. The molecule has 2 aliphatic rings. The van der Waals surface area contributed by atoms with E-state index in [0.29, 0.717) is 22.6 Å². The van der Waals surface area contributed by atoms with Gasteiger partial charge in [0.1, 0.15) is 6.04 Å². The lowest BCUT2D eigenvalue weighted by atomic mass is 9.69. The largest absolute Gasteiger partial charge is 0.493 e. The number of carbonyl (C=O) groups excluding carboxylic acids is 1. The van der Waals surface area contributed by atoms with Crippen LogP contribution in [0.5, 0.6) is 11.5 Å². The summed E-state index contributed by atoms with van der Waals surface area (Å²) in [6.45, 7) is 0. The van der Waals surface area contributed by atoms with Crippen molar-refractivity contribution in [1.82, 2.24) is 0 Å². The summed E-state index contributed by atoms with van der Waals surface area (Å²) >= 11 is 0. The van der Waals surface area contributed by atoms with Crippen molar-refractivity contribution in [2.75, 3.05) is 19.1 Å². The second-order valence-electron chi connectivity index (χ2n) is 8.63. The number of anilines is 1. The molecule has 0 bridgehead atoms. The molecular formula is C29H23N3O3. The Bertz CT molecular complexity index is 1390. The first-order valence-electron chi connectivity index (χ1n) is 11.3. The quantitative estimate of drug-likeness (QED) is 0.498. The van der Waals surface area contributed by atoms with Gasteiger partial charge in [0, 0.05) is 17.2 Å². The number of para-hydroxylation sites is 1. The molecule has 1 saturated heterocycles. The van der Waals surface area contributed by atoms with Crippen molar-refractivity contribution < 1.29 is 14.3 Å². The number of fused-ring (bicyclic) bond motifs is 3. The van der Waals surface area contributed by atoms with Crippen molar-refractivity contribution in [2.45, 2.75) is 18.0 Å². The fourth-order valence-corrected chi connectivity index (χ4v) is 5.43. The van der Waals surface area contributed by atoms with Gasteiger partial charge in [0.25, 0.3) is 0 Å². The number of methoxy groups -OCH3 is 2. The van der Waals surface area contributed by atoms with Crippen molar-refractivity contribution in [3.05, 3.63) is 95.6 Å². The summed E-state index contributed by atoms with van der Waals surface area (Å²) in [7, 11) is 3.08. The maximum atomic E-state index is 14.2. The third-order valence-electron chi connectivity index (χ3n) is 7.01. The Hall–Kier alpha value is -4.55. The number of ketones is 1. The molecule has 172 valence electrons. The van der Waals surface area contributed by atoms with E-state index in [-0.39, 0.29) is 5.78 Å². The molecule has 0 saturated carbocycles. The Balaban J connectivity index is 1.79. The fourth-order valence-electron chi connectivity index (χ4n) is 5.43. The van der Waals surface area contributed by atoms with Crippen LogP contribution in [0.15, 0.2) is 78.9 Å². The maximum Gasteiger partial charge on any atom is 0.185 e. The second-order valence-corrected chi connectivity index (χ2v) is 8.63. The number of nitrogens with zero attached hydrogens (tertiary/aromatic N) is 3. The number of hydrogen-bond donors (Lipinski definition) is 0. The summed E-state index contributed by atoms with van der Waals surface area (Å²) in [5, 5.41) is 21.1. The van der Waals surface area contributed by atoms with Crippen molar-refractivity contribution in [3.63, 3.8) is 0 Å². The van der Waals surface area contributed by atoms with Crippen LogP contribution < -0.4 is 14.4 Å². The van der Waals surface area contributed by atoms with Gasteiger partial charge in [0.15, 0.2) is 22.7 Å². The summed E-state index contributed by atoms with van der Waals surface area (Å²) in [4.78, 5) is 16.1. The van der Waals surface area contributed by atoms with E-state index in [2.05, 4.69) is 12.1 Å². The van der Waals surface area contributed by atoms with E-state index in [0.717, 1.165) is 11.3 Å². The molecule has 6 nitrogen and oxygen atoms in total. The lowest BCUT2D eigenvalue weighted by Crippen LogP contribution is -2.44. The molecule has 3 atom stereocenters. The van der Waals surface area contributed by atoms with Crippen LogP contribution in [0.3, 0.4) is 0 Å². The van der Waals surface area contributed by atoms with Crippen LogP contribution in [-0.4, -0.2) is 32.1 Å². The molecule has 6 heteroatoms. The Morgan fingerprint density at radius 3 is 2.29 bits per heavy atom. The highest BCUT2D eigenvalue weighted by molar-refractivity contribution is 6.04. The third-order valence-corrected chi connectivity index (χ3v) is 7.01. The Kier molecular flexibility index (Phi) is 5.51. The SMILES string of the molecule is COc1ccc([C@@H]2[C@@H](C(=O)c3ccccc3)N3c4ccccc4C=C[C@H]3C2(C#N)C#N)cc1OC. The fraction of sp³-hybridized carbons (Fsp3) is 0.207. The number of Topliss-reactive ketones (excluding diaryl/α,β-unsaturated/α-hetero) is 1. The van der Waals surface area contributed by atoms with Gasteiger partial charge in [-0.05, 0) is 29.3 Å². The average Bonchev–Trinajstić information content (AvgIpc) is 3.23. The van der Waals surface area contributed by atoms with Crippen LogP contribution >= 0.6 is 0 Å². The lowest BCUT2D eigenvalue weighted by molar-refractivity contribution is 0.0951. The van der Waals surface area contributed by atoms with Gasteiger partial charge in [-0.15, -0.1) is 0 Å². The molecule has 0 aromatic heterocycles. The van der Waals surface area contributed by atoms with Gasteiger partial charge in [-0.25, -0.2) is 0 Å². The number of rotatable bonds is 5. The van der Waals surface area contributed by atoms with Gasteiger partial charge in [-0.3, -0.25) is 4.79 Å². The molecular weight excluding hydrogens is 438 g/mol. The molecule has 3 aromatic carbocycles. The van der Waals surface area contributed by atoms with E-state index in [1.165, 1.54) is 7.11 Å². The van der Waals surface area contributed by atoms with Gasteiger partial charge in [-0.1, -0.05) is 66.7 Å². The van der Waals surface area contributed by atoms with E-state index in [9.17, 15) is 15.3 Å². The minimum Gasteiger partial charge on any atom is -0.493 e. The molecule has 0 aliphatic carbocycles. The normalized spacial score (nSPS) is 21.3. The summed E-state index contributed by atoms with van der Waals surface area (Å²) in [6.07, 6.45) is 3.81. The van der Waals surface area contributed by atoms with Crippen molar-refractivity contribution >= 4 is 17.5 Å². The van der Waals surface area contributed by atoms with Gasteiger partial charge in [-0.2, -0.15) is 10.5 Å². The minimum atomic E-state index is -1.52. The average molecular weight is 462 g/mol. The molecule has 2 aliphatic heterocycles. The molecule has 2 heterocycles. The standard InChI is InChI=1S/C29H23N3O3/c1-34-23-14-12-21(16-24(23)35-2)26-27(28(33)20-9-4-3-5-10-20)32-22-11-7-6-8-19(22)13-15-25(32)29(26,17-30)18-31/h3-16,25-27H,1-2H3/t25-,26+,27-/m0/s1. The Labute approximate surface area is 204 Å². The number of nitriles is 2. The highest BCUT2D eigenvalue weighted by atomic mass is 16.5. The minimum absolute atomic E-state index is 0.145. The predicted octanol–water partition coefficient (Wildman–Crippen LogP) is 4.99. The zero-order valence-corrected chi connectivity index (χ0v) is 19.4. The van der Waals surface area contributed by atoms with E-state index in [1.54, 1.807) is 31.4 Å². The van der Waals surface area contributed by atoms with Gasteiger partial charge in [0.2, 0.25) is 0 Å². The van der Waals surface area contributed by atoms with Crippen molar-refractivity contribution in [1.29, 1.82) is 10.5 Å². The van der Waals surface area contributed by atoms with Gasteiger partial charge >= 0.3 is 0 Å². The molecule has 5 rings (SSSR count). The summed E-state index contributed by atoms with van der Waals surface area (Å²) in [5.41, 5.74) is 1.44. The second kappa shape index (κ2) is 8.66. The zero-order chi connectivity index (χ0) is 24.6. The van der Waals surface area contributed by atoms with Crippen LogP contribution in [0.1, 0.15) is 27.4 Å². The highest BCUT2D eigenvalue weighted by Crippen LogP contribution is 2.56. The Morgan fingerprint density at radius 1 is 0.914 bits per heavy atom. The predicted molar refractivity (Wildman–Crippen MR) is 132 cm³/mol. The Morgan fingerprint density at radius 2 is 1.60 bits per heavy atom. The maximum absolute atomic E-state index is 14.2. The van der Waals surface area contributed by atoms with Gasteiger partial charge < -0.3 is 14.4 Å². The van der Waals surface area contributed by atoms with Crippen LogP contribution in [0, 0.1) is 28.1 Å². The van der Waals surface area contributed by atoms with Crippen LogP contribution in [0.25, 0.3) is 6.08 Å². The molecule has 0 spiro atoms. The van der Waals surface area contributed by atoms with E-state index in [1.807, 2.05) is 65.6 Å². The topological polar surface area (TPSA) is 86.4 Å². The summed E-state index contributed by atoms with van der Waals surface area (Å²) in [5.74, 6) is 0.114. The summed E-state index contributed by atoms with van der Waals surface area (Å²) in [6, 6.07) is 25.4. The number of hydrogen-bond acceptors (Lipinski definition) is 6. The zero-order valence-electron chi connectivity index (χ0n) is 19.4. The van der Waals surface area contributed by atoms with Crippen molar-refractivity contribution in [2.24, 2.45) is 5.41 Å². The smallest absolute Gasteiger partial charge is 0.185 e. The molecule has 0 radical (unpaired) electrons. The van der Waals surface area contributed by atoms with E-state index >= 15 is 0 Å². The third kappa shape index (κ3) is 3.26. The van der Waals surface area contributed by atoms with Crippen LogP contribution in [0.4, 0.5) is 5.69 Å². The van der Waals surface area contributed by atoms with Crippen LogP contribution in [-0.2, 0) is 0 Å². The lowest BCUT2D eigenvalue weighted by Gasteiger charge is -2.35. The van der Waals surface area contributed by atoms with Gasteiger partial charge in [0.05, 0.1) is 32.4 Å². The highest BCUT2D eigenvalue weighted by Gasteiger charge is 2.63. The first-order valence-corrected chi connectivity index (χ1v) is 11.3. The molecule has 1 fully saturated rings. The first kappa shape index (κ1) is 22.3. The molecule has 0 N–H and O–H groups in total. The van der Waals surface area contributed by atoms with E-state index in [4.69, 9.17) is 9.47 Å². The summed E-state index contributed by atoms with van der Waals surface area (Å²) < 4.78 is 10.9. The first-order chi connectivity index (χ1) is 17.1. The molecule has 0 amide bonds. The molecule has 0 unspecified atom stereocenters. The molecule has 35 heavy (non-hydrogen) atoms. The number of benzene rings is 3.